The van der Waals surface area contributed by atoms with Gasteiger partial charge in [-0.15, -0.1) is 0 Å². The summed E-state index contributed by atoms with van der Waals surface area (Å²) in [7, 11) is 0. The maximum atomic E-state index is 16.6. The lowest BCUT2D eigenvalue weighted by Gasteiger charge is -2.23. The molecule has 0 radical (unpaired) electrons. The second-order valence-electron chi connectivity index (χ2n) is 16.7. The minimum Gasteiger partial charge on any atom is -0.309 e. The number of halogens is 5. The topological polar surface area (TPSA) is 35.6 Å². The van der Waals surface area contributed by atoms with Crippen LogP contribution in [0.25, 0.3) is 111 Å². The SMILES string of the molecule is Fc1cccc(F)c1-c1cc(-n2c3ccccc3c3ccc(-c4ccc(-c5ccccc5)nc4)cc32)c(C(F)(F)F)c(-n2c3ccccc3c3ccc(-c4ccc(-c5ccccc5)nc4)cc32)c1. The molecule has 0 aliphatic heterocycles. The normalized spacial score (nSPS) is 11.9. The van der Waals surface area contributed by atoms with E-state index in [4.69, 9.17) is 9.97 Å². The highest BCUT2D eigenvalue weighted by Crippen LogP contribution is 2.47. The van der Waals surface area contributed by atoms with Gasteiger partial charge in [-0.05, 0) is 77.4 Å². The molecule has 0 fully saturated rings. The Morgan fingerprint density at radius 3 is 1.18 bits per heavy atom. The van der Waals surface area contributed by atoms with E-state index in [1.54, 1.807) is 45.8 Å². The molecule has 0 saturated carbocycles. The molecule has 9 heteroatoms. The number of nitrogens with zero attached hydrogens (tertiary/aromatic N) is 4. The van der Waals surface area contributed by atoms with Crippen LogP contribution < -0.4 is 0 Å². The number of pyridine rings is 2. The maximum Gasteiger partial charge on any atom is 0.420 e. The monoisotopic (exact) mass is 894 g/mol. The van der Waals surface area contributed by atoms with Gasteiger partial charge in [0.2, 0.25) is 0 Å². The van der Waals surface area contributed by atoms with Crippen LogP contribution in [0, 0.1) is 11.6 Å². The fraction of sp³-hybridized carbons (Fsp3) is 0.0169. The number of rotatable bonds is 7. The summed E-state index contributed by atoms with van der Waals surface area (Å²) in [5.41, 5.74) is 6.23. The lowest BCUT2D eigenvalue weighted by Crippen LogP contribution is -2.16. The summed E-state index contributed by atoms with van der Waals surface area (Å²) in [5, 5.41) is 2.81. The summed E-state index contributed by atoms with van der Waals surface area (Å²) in [5.74, 6) is -1.82. The first-order chi connectivity index (χ1) is 33.2. The van der Waals surface area contributed by atoms with Crippen molar-refractivity contribution in [1.29, 1.82) is 0 Å². The van der Waals surface area contributed by atoms with Crippen molar-refractivity contribution in [1.82, 2.24) is 19.1 Å². The van der Waals surface area contributed by atoms with Crippen LogP contribution in [0.3, 0.4) is 0 Å². The molecule has 0 atom stereocenters. The van der Waals surface area contributed by atoms with E-state index < -0.39 is 28.9 Å². The van der Waals surface area contributed by atoms with E-state index in [9.17, 15) is 0 Å². The third-order valence-electron chi connectivity index (χ3n) is 12.8. The molecule has 68 heavy (non-hydrogen) atoms. The third kappa shape index (κ3) is 6.81. The molecule has 4 heterocycles. The zero-order valence-electron chi connectivity index (χ0n) is 35.9. The minimum atomic E-state index is -4.99. The van der Waals surface area contributed by atoms with Crippen molar-refractivity contribution in [2.75, 3.05) is 0 Å². The van der Waals surface area contributed by atoms with Crippen molar-refractivity contribution in [2.45, 2.75) is 6.18 Å². The lowest BCUT2D eigenvalue weighted by molar-refractivity contribution is -0.137. The van der Waals surface area contributed by atoms with Crippen molar-refractivity contribution in [2.24, 2.45) is 0 Å². The second-order valence-corrected chi connectivity index (χ2v) is 16.7. The predicted molar refractivity (Wildman–Crippen MR) is 263 cm³/mol. The molecular weight excluding hydrogens is 860 g/mol. The van der Waals surface area contributed by atoms with E-state index in [2.05, 4.69) is 0 Å². The second kappa shape index (κ2) is 16.0. The van der Waals surface area contributed by atoms with E-state index in [-0.39, 0.29) is 16.9 Å². The summed E-state index contributed by atoms with van der Waals surface area (Å²) >= 11 is 0. The van der Waals surface area contributed by atoms with Gasteiger partial charge >= 0.3 is 6.18 Å². The van der Waals surface area contributed by atoms with Crippen LogP contribution in [-0.4, -0.2) is 19.1 Å². The number of benzene rings is 8. The standard InChI is InChI=1S/C59H35F5N4/c60-47-18-11-19-48(61)57(47)42-32-55(67-51-20-9-7-16-43(51)45-26-22-38(30-53(45)67)40-24-28-49(65-34-40)36-12-3-1-4-13-36)58(59(62,63)64)56(33-42)68-52-21-10-8-17-44(52)46-27-23-39(31-54(46)68)41-25-29-50(66-35-41)37-14-5-2-6-15-37/h1-35H. The molecule has 12 rings (SSSR count). The summed E-state index contributed by atoms with van der Waals surface area (Å²) in [6.07, 6.45) is -1.49. The molecule has 0 spiro atoms. The Hall–Kier alpha value is -8.69. The van der Waals surface area contributed by atoms with Gasteiger partial charge in [0.25, 0.3) is 0 Å². The minimum absolute atomic E-state index is 0.0656. The van der Waals surface area contributed by atoms with Crippen molar-refractivity contribution in [3.8, 4) is 67.3 Å². The molecule has 8 aromatic carbocycles. The lowest BCUT2D eigenvalue weighted by atomic mass is 9.98. The smallest absolute Gasteiger partial charge is 0.309 e. The predicted octanol–water partition coefficient (Wildman–Crippen LogP) is 16.3. The Bertz CT molecular complexity index is 3650. The molecule has 4 aromatic heterocycles. The first kappa shape index (κ1) is 40.8. The highest BCUT2D eigenvalue weighted by molar-refractivity contribution is 6.12. The molecule has 4 nitrogen and oxygen atoms in total. The Kier molecular flexibility index (Phi) is 9.62. The Morgan fingerprint density at radius 2 is 0.750 bits per heavy atom. The molecular formula is C59H35F5N4. The van der Waals surface area contributed by atoms with Crippen molar-refractivity contribution in [3.63, 3.8) is 0 Å². The summed E-state index contributed by atoms with van der Waals surface area (Å²) in [6, 6.07) is 59.1. The van der Waals surface area contributed by atoms with Crippen LogP contribution in [-0.2, 0) is 6.18 Å². The Morgan fingerprint density at radius 1 is 0.338 bits per heavy atom. The van der Waals surface area contributed by atoms with Gasteiger partial charge in [-0.2, -0.15) is 13.2 Å². The Balaban J connectivity index is 1.14. The van der Waals surface area contributed by atoms with E-state index >= 15 is 22.0 Å². The van der Waals surface area contributed by atoms with E-state index in [1.165, 1.54) is 18.2 Å². The quantitative estimate of drug-likeness (QED) is 0.149. The molecule has 0 saturated heterocycles. The van der Waals surface area contributed by atoms with E-state index in [0.717, 1.165) is 56.9 Å². The fourth-order valence-electron chi connectivity index (χ4n) is 9.68. The molecule has 0 unspecified atom stereocenters. The Labute approximate surface area is 386 Å². The summed E-state index contributed by atoms with van der Waals surface area (Å²) in [6.45, 7) is 0. The van der Waals surface area contributed by atoms with Gasteiger partial charge in [0.15, 0.2) is 0 Å². The third-order valence-corrected chi connectivity index (χ3v) is 12.8. The van der Waals surface area contributed by atoms with Gasteiger partial charge in [-0.3, -0.25) is 9.97 Å². The highest BCUT2D eigenvalue weighted by atomic mass is 19.4. The number of hydrogen-bond donors (Lipinski definition) is 0. The molecule has 0 N–H and O–H groups in total. The largest absolute Gasteiger partial charge is 0.420 e. The molecule has 0 bridgehead atoms. The van der Waals surface area contributed by atoms with Crippen molar-refractivity contribution in [3.05, 3.63) is 230 Å². The van der Waals surface area contributed by atoms with Crippen LogP contribution in [0.4, 0.5) is 22.0 Å². The number of hydrogen-bond acceptors (Lipinski definition) is 2. The number of aromatic nitrogens is 4. The number of para-hydroxylation sites is 2. The van der Waals surface area contributed by atoms with Gasteiger partial charge in [-0.25, -0.2) is 8.78 Å². The molecule has 326 valence electrons. The highest BCUT2D eigenvalue weighted by Gasteiger charge is 2.40. The average Bonchev–Trinajstić information content (AvgIpc) is 3.88. The van der Waals surface area contributed by atoms with Crippen molar-refractivity contribution >= 4 is 43.6 Å². The van der Waals surface area contributed by atoms with Gasteiger partial charge in [0.1, 0.15) is 17.2 Å². The first-order valence-corrected chi connectivity index (χ1v) is 22.0. The average molecular weight is 895 g/mol. The van der Waals surface area contributed by atoms with Gasteiger partial charge in [-0.1, -0.05) is 140 Å². The number of alkyl halides is 3. The summed E-state index contributed by atoms with van der Waals surface area (Å²) in [4.78, 5) is 9.47. The zero-order chi connectivity index (χ0) is 46.1. The van der Waals surface area contributed by atoms with Crippen LogP contribution >= 0.6 is 0 Å². The van der Waals surface area contributed by atoms with Crippen LogP contribution in [0.1, 0.15) is 5.56 Å². The first-order valence-electron chi connectivity index (χ1n) is 22.0. The zero-order valence-corrected chi connectivity index (χ0v) is 35.9. The van der Waals surface area contributed by atoms with Crippen LogP contribution in [0.2, 0.25) is 0 Å². The van der Waals surface area contributed by atoms with Gasteiger partial charge in [0, 0.05) is 56.2 Å². The van der Waals surface area contributed by atoms with Crippen molar-refractivity contribution < 1.29 is 22.0 Å². The van der Waals surface area contributed by atoms with Crippen LogP contribution in [0.15, 0.2) is 213 Å². The van der Waals surface area contributed by atoms with E-state index in [0.29, 0.717) is 43.6 Å². The maximum absolute atomic E-state index is 16.6. The molecule has 0 aliphatic rings. The van der Waals surface area contributed by atoms with Gasteiger partial charge in [0.05, 0.1) is 50.4 Å². The molecule has 0 amide bonds. The fourth-order valence-corrected chi connectivity index (χ4v) is 9.68. The summed E-state index contributed by atoms with van der Waals surface area (Å²) < 4.78 is 85.3. The van der Waals surface area contributed by atoms with Gasteiger partial charge < -0.3 is 9.13 Å². The molecule has 0 aliphatic carbocycles. The van der Waals surface area contributed by atoms with E-state index in [1.807, 2.05) is 146 Å². The number of fused-ring (bicyclic) bond motifs is 6. The van der Waals surface area contributed by atoms with Crippen LogP contribution in [0.5, 0.6) is 0 Å². The molecule has 12 aromatic rings.